The monoisotopic (exact) mass is 400 g/mol. The van der Waals surface area contributed by atoms with Crippen LogP contribution in [0.5, 0.6) is 0 Å². The Bertz CT molecular complexity index is 866. The zero-order valence-corrected chi connectivity index (χ0v) is 18.8. The molecule has 0 spiro atoms. The Kier molecular flexibility index (Phi) is 6.06. The van der Waals surface area contributed by atoms with Crippen molar-refractivity contribution in [3.63, 3.8) is 0 Å². The number of aromatic nitrogens is 3. The summed E-state index contributed by atoms with van der Waals surface area (Å²) in [7, 11) is 0. The largest absolute Gasteiger partial charge is 0.375 e. The first-order valence-electron chi connectivity index (χ1n) is 10.7. The summed E-state index contributed by atoms with van der Waals surface area (Å²) in [4.78, 5) is 21.8. The first kappa shape index (κ1) is 21.8. The number of H-pyrrole nitrogens is 1. The molecule has 0 aromatic carbocycles. The third-order valence-electron chi connectivity index (χ3n) is 7.10. The summed E-state index contributed by atoms with van der Waals surface area (Å²) < 4.78 is 8.03. The molecule has 3 heterocycles. The highest BCUT2D eigenvalue weighted by atomic mass is 16.5. The van der Waals surface area contributed by atoms with Crippen LogP contribution in [-0.4, -0.2) is 44.7 Å². The summed E-state index contributed by atoms with van der Waals surface area (Å²) in [6.45, 7) is 16.4. The zero-order valence-electron chi connectivity index (χ0n) is 18.8. The molecular formula is C23H36N4O2. The fraction of sp³-hybridized carbons (Fsp3) is 0.652. The van der Waals surface area contributed by atoms with Crippen molar-refractivity contribution in [2.45, 2.75) is 72.1 Å². The highest BCUT2D eigenvalue weighted by Crippen LogP contribution is 2.48. The molecule has 160 valence electrons. The molecule has 0 aliphatic carbocycles. The lowest BCUT2D eigenvalue weighted by Crippen LogP contribution is -2.50. The van der Waals surface area contributed by atoms with Crippen LogP contribution in [0.2, 0.25) is 0 Å². The molecule has 29 heavy (non-hydrogen) atoms. The van der Waals surface area contributed by atoms with Crippen LogP contribution < -0.4 is 5.69 Å². The van der Waals surface area contributed by atoms with E-state index in [-0.39, 0.29) is 22.2 Å². The van der Waals surface area contributed by atoms with Crippen LogP contribution in [0.25, 0.3) is 0 Å². The summed E-state index contributed by atoms with van der Waals surface area (Å²) in [6, 6.07) is 4.28. The number of rotatable bonds is 8. The van der Waals surface area contributed by atoms with Crippen molar-refractivity contribution >= 4 is 0 Å². The number of nitrogens with one attached hydrogen (secondary N) is 1. The van der Waals surface area contributed by atoms with Gasteiger partial charge in [0, 0.05) is 54.9 Å². The van der Waals surface area contributed by atoms with Crippen molar-refractivity contribution in [3.8, 4) is 0 Å². The minimum atomic E-state index is -0.280. The van der Waals surface area contributed by atoms with Crippen molar-refractivity contribution in [1.29, 1.82) is 0 Å². The molecule has 3 rings (SSSR count). The normalized spacial score (nSPS) is 21.0. The van der Waals surface area contributed by atoms with E-state index in [1.54, 1.807) is 10.8 Å². The maximum Gasteiger partial charge on any atom is 0.325 e. The Hall–Kier alpha value is -1.92. The highest BCUT2D eigenvalue weighted by Gasteiger charge is 2.52. The molecule has 0 saturated carbocycles. The van der Waals surface area contributed by atoms with E-state index in [0.717, 1.165) is 31.6 Å². The average Bonchev–Trinajstić information content (AvgIpc) is 3.28. The number of aryl methyl sites for hydroxylation is 2. The van der Waals surface area contributed by atoms with E-state index in [0.29, 0.717) is 13.2 Å². The van der Waals surface area contributed by atoms with Crippen molar-refractivity contribution in [1.82, 2.24) is 19.4 Å². The third kappa shape index (κ3) is 4.19. The van der Waals surface area contributed by atoms with Gasteiger partial charge in [0.1, 0.15) is 0 Å². The maximum absolute atomic E-state index is 12.0. The summed E-state index contributed by atoms with van der Waals surface area (Å²) in [5.74, 6) is 0. The van der Waals surface area contributed by atoms with Crippen molar-refractivity contribution in [2.75, 3.05) is 19.7 Å². The number of hydrogen-bond acceptors (Lipinski definition) is 4. The molecule has 0 radical (unpaired) electrons. The second-order valence-corrected chi connectivity index (χ2v) is 9.35. The Labute approximate surface area is 174 Å². The van der Waals surface area contributed by atoms with E-state index in [4.69, 9.17) is 4.74 Å². The van der Waals surface area contributed by atoms with Gasteiger partial charge in [-0.2, -0.15) is 0 Å². The van der Waals surface area contributed by atoms with E-state index in [1.165, 1.54) is 5.56 Å². The predicted octanol–water partition coefficient (Wildman–Crippen LogP) is 3.71. The van der Waals surface area contributed by atoms with Gasteiger partial charge in [-0.15, -0.1) is 0 Å². The number of nitrogens with zero attached hydrogens (tertiary/aromatic N) is 3. The van der Waals surface area contributed by atoms with Gasteiger partial charge in [0.15, 0.2) is 0 Å². The van der Waals surface area contributed by atoms with Crippen LogP contribution in [0, 0.1) is 12.3 Å². The second kappa shape index (κ2) is 8.07. The second-order valence-electron chi connectivity index (χ2n) is 9.35. The zero-order chi connectivity index (χ0) is 21.3. The van der Waals surface area contributed by atoms with Crippen LogP contribution in [0.1, 0.15) is 58.7 Å². The molecule has 1 aliphatic rings. The fourth-order valence-corrected chi connectivity index (χ4v) is 4.73. The van der Waals surface area contributed by atoms with Gasteiger partial charge >= 0.3 is 5.69 Å². The van der Waals surface area contributed by atoms with Crippen molar-refractivity contribution in [3.05, 3.63) is 52.5 Å². The van der Waals surface area contributed by atoms with Crippen molar-refractivity contribution < 1.29 is 4.74 Å². The van der Waals surface area contributed by atoms with Crippen LogP contribution in [0.4, 0.5) is 0 Å². The molecule has 6 nitrogen and oxygen atoms in total. The highest BCUT2D eigenvalue weighted by molar-refractivity contribution is 5.22. The smallest absolute Gasteiger partial charge is 0.325 e. The number of hydrogen-bond donors (Lipinski definition) is 1. The number of aromatic amines is 1. The Morgan fingerprint density at radius 1 is 1.28 bits per heavy atom. The Balaban J connectivity index is 1.86. The average molecular weight is 401 g/mol. The van der Waals surface area contributed by atoms with Gasteiger partial charge in [-0.25, -0.2) is 4.79 Å². The third-order valence-corrected chi connectivity index (χ3v) is 7.10. The number of imidazole rings is 1. The molecule has 0 amide bonds. The van der Waals surface area contributed by atoms with Gasteiger partial charge in [-0.3, -0.25) is 14.5 Å². The van der Waals surface area contributed by atoms with Gasteiger partial charge in [-0.1, -0.05) is 6.07 Å². The molecule has 1 N–H and O–H groups in total. The van der Waals surface area contributed by atoms with Crippen molar-refractivity contribution in [2.24, 2.45) is 5.41 Å². The SMILES string of the molecule is CCOC(C)(C)[C@@]1(CCn2cc[nH]c2=O)CCN(C(C)(C)c2ccc(C)nc2)C1. The molecule has 2 aromatic rings. The summed E-state index contributed by atoms with van der Waals surface area (Å²) >= 11 is 0. The first-order valence-corrected chi connectivity index (χ1v) is 10.7. The number of likely N-dealkylation sites (tertiary alicyclic amines) is 1. The van der Waals surface area contributed by atoms with E-state index < -0.39 is 0 Å². The molecule has 1 fully saturated rings. The molecule has 0 bridgehead atoms. The van der Waals surface area contributed by atoms with E-state index >= 15 is 0 Å². The number of pyridine rings is 1. The quantitative estimate of drug-likeness (QED) is 0.734. The molecule has 2 aromatic heterocycles. The standard InChI is InChI=1S/C23H36N4O2/c1-7-29-22(5,6)23(10-13-26-15-12-24-20(26)28)11-14-27(17-23)21(3,4)19-9-8-18(2)25-16-19/h8-9,12,15-16H,7,10-11,13-14,17H2,1-6H3,(H,24,28)/t23-/m0/s1. The molecule has 0 unspecified atom stereocenters. The number of ether oxygens (including phenoxy) is 1. The maximum atomic E-state index is 12.0. The van der Waals surface area contributed by atoms with Crippen LogP contribution in [-0.2, 0) is 16.8 Å². The van der Waals surface area contributed by atoms with Gasteiger partial charge < -0.3 is 9.72 Å². The fourth-order valence-electron chi connectivity index (χ4n) is 4.73. The van der Waals surface area contributed by atoms with Gasteiger partial charge in [-0.05, 0) is 72.6 Å². The molecule has 1 atom stereocenters. The lowest BCUT2D eigenvalue weighted by atomic mass is 9.70. The summed E-state index contributed by atoms with van der Waals surface area (Å²) in [5.41, 5.74) is 1.79. The summed E-state index contributed by atoms with van der Waals surface area (Å²) in [6.07, 6.45) is 7.48. The van der Waals surface area contributed by atoms with Crippen LogP contribution in [0.3, 0.4) is 0 Å². The van der Waals surface area contributed by atoms with Gasteiger partial charge in [0.2, 0.25) is 0 Å². The first-order chi connectivity index (χ1) is 13.6. The van der Waals surface area contributed by atoms with Crippen LogP contribution in [0.15, 0.2) is 35.5 Å². The van der Waals surface area contributed by atoms with E-state index in [2.05, 4.69) is 61.6 Å². The molecule has 1 aliphatic heterocycles. The minimum absolute atomic E-state index is 0.0326. The predicted molar refractivity (Wildman–Crippen MR) is 116 cm³/mol. The minimum Gasteiger partial charge on any atom is -0.375 e. The lowest BCUT2D eigenvalue weighted by Gasteiger charge is -2.46. The van der Waals surface area contributed by atoms with Crippen LogP contribution >= 0.6 is 0 Å². The molecule has 6 heteroatoms. The molecular weight excluding hydrogens is 364 g/mol. The topological polar surface area (TPSA) is 63.1 Å². The Morgan fingerprint density at radius 3 is 2.62 bits per heavy atom. The molecule has 1 saturated heterocycles. The van der Waals surface area contributed by atoms with E-state index in [9.17, 15) is 4.79 Å². The Morgan fingerprint density at radius 2 is 2.03 bits per heavy atom. The summed E-state index contributed by atoms with van der Waals surface area (Å²) in [5, 5.41) is 0. The van der Waals surface area contributed by atoms with E-state index in [1.807, 2.05) is 19.3 Å². The van der Waals surface area contributed by atoms with Gasteiger partial charge in [0.05, 0.1) is 5.60 Å². The van der Waals surface area contributed by atoms with Gasteiger partial charge in [0.25, 0.3) is 0 Å². The lowest BCUT2D eigenvalue weighted by molar-refractivity contribution is -0.111.